The van der Waals surface area contributed by atoms with Gasteiger partial charge in [0.1, 0.15) is 0 Å². The Morgan fingerprint density at radius 1 is 1.24 bits per heavy atom. The molecule has 21 heavy (non-hydrogen) atoms. The molecule has 1 N–H and O–H groups in total. The summed E-state index contributed by atoms with van der Waals surface area (Å²) in [6, 6.07) is 5.22. The Kier molecular flexibility index (Phi) is 4.76. The van der Waals surface area contributed by atoms with Crippen LogP contribution in [-0.2, 0) is 23.1 Å². The third kappa shape index (κ3) is 3.47. The summed E-state index contributed by atoms with van der Waals surface area (Å²) < 4.78 is 27.4. The zero-order valence-electron chi connectivity index (χ0n) is 13.1. The van der Waals surface area contributed by atoms with E-state index in [9.17, 15) is 13.5 Å². The largest absolute Gasteiger partial charge is 0.392 e. The average Bonchev–Trinajstić information content (AvgIpc) is 2.46. The van der Waals surface area contributed by atoms with Crippen molar-refractivity contribution in [1.82, 2.24) is 4.31 Å². The van der Waals surface area contributed by atoms with E-state index in [1.54, 1.807) is 16.4 Å². The second-order valence-electron chi connectivity index (χ2n) is 6.52. The summed E-state index contributed by atoms with van der Waals surface area (Å²) in [7, 11) is -3.47. The van der Waals surface area contributed by atoms with E-state index in [1.807, 2.05) is 13.0 Å². The Hall–Kier alpha value is -0.910. The van der Waals surface area contributed by atoms with E-state index < -0.39 is 10.0 Å². The van der Waals surface area contributed by atoms with Crippen LogP contribution in [0.15, 0.2) is 23.1 Å². The van der Waals surface area contributed by atoms with E-state index in [-0.39, 0.29) is 12.0 Å². The molecule has 0 aliphatic carbocycles. The molecule has 1 aromatic rings. The third-order valence-corrected chi connectivity index (χ3v) is 6.37. The van der Waals surface area contributed by atoms with Crippen molar-refractivity contribution in [2.45, 2.75) is 51.5 Å². The molecule has 1 fully saturated rings. The lowest BCUT2D eigenvalue weighted by Gasteiger charge is -2.36. The highest BCUT2D eigenvalue weighted by atomic mass is 32.2. The molecule has 0 spiro atoms. The summed E-state index contributed by atoms with van der Waals surface area (Å²) >= 11 is 0. The van der Waals surface area contributed by atoms with Gasteiger partial charge in [0.05, 0.1) is 11.5 Å². The molecule has 1 aromatic carbocycles. The summed E-state index contributed by atoms with van der Waals surface area (Å²) in [5.41, 5.74) is 1.67. The van der Waals surface area contributed by atoms with Gasteiger partial charge in [0.2, 0.25) is 10.0 Å². The number of rotatable bonds is 4. The van der Waals surface area contributed by atoms with Gasteiger partial charge in [-0.1, -0.05) is 32.9 Å². The molecule has 1 aliphatic rings. The van der Waals surface area contributed by atoms with Crippen molar-refractivity contribution in [3.63, 3.8) is 0 Å². The van der Waals surface area contributed by atoms with E-state index in [4.69, 9.17) is 0 Å². The molecular weight excluding hydrogens is 286 g/mol. The van der Waals surface area contributed by atoms with Gasteiger partial charge < -0.3 is 5.11 Å². The molecule has 4 nitrogen and oxygen atoms in total. The summed E-state index contributed by atoms with van der Waals surface area (Å²) in [5, 5.41) is 9.26. The van der Waals surface area contributed by atoms with Crippen molar-refractivity contribution >= 4 is 10.0 Å². The first-order valence-corrected chi connectivity index (χ1v) is 8.97. The lowest BCUT2D eigenvalue weighted by atomic mass is 9.83. The minimum Gasteiger partial charge on any atom is -0.392 e. The van der Waals surface area contributed by atoms with Crippen LogP contribution in [0.4, 0.5) is 0 Å². The van der Waals surface area contributed by atoms with Crippen molar-refractivity contribution in [2.24, 2.45) is 5.41 Å². The van der Waals surface area contributed by atoms with Crippen LogP contribution >= 0.6 is 0 Å². The number of aryl methyl sites for hydroxylation is 1. The fourth-order valence-electron chi connectivity index (χ4n) is 2.70. The van der Waals surface area contributed by atoms with Crippen molar-refractivity contribution < 1.29 is 13.5 Å². The van der Waals surface area contributed by atoms with Crippen LogP contribution in [0.2, 0.25) is 0 Å². The zero-order valence-corrected chi connectivity index (χ0v) is 13.9. The number of hydrogen-bond acceptors (Lipinski definition) is 3. The summed E-state index contributed by atoms with van der Waals surface area (Å²) in [4.78, 5) is 0.358. The van der Waals surface area contributed by atoms with Gasteiger partial charge in [-0.3, -0.25) is 0 Å². The number of benzene rings is 1. The summed E-state index contributed by atoms with van der Waals surface area (Å²) in [5.74, 6) is 0. The maximum Gasteiger partial charge on any atom is 0.243 e. The molecule has 0 radical (unpaired) electrons. The van der Waals surface area contributed by atoms with Crippen LogP contribution in [0.3, 0.4) is 0 Å². The molecule has 0 saturated carbocycles. The number of aliphatic hydroxyl groups is 1. The van der Waals surface area contributed by atoms with E-state index in [2.05, 4.69) is 13.8 Å². The van der Waals surface area contributed by atoms with Gasteiger partial charge in [0, 0.05) is 13.1 Å². The highest BCUT2D eigenvalue weighted by molar-refractivity contribution is 7.89. The molecule has 1 heterocycles. The number of piperidine rings is 1. The van der Waals surface area contributed by atoms with Crippen LogP contribution in [-0.4, -0.2) is 30.9 Å². The number of hydrogen-bond donors (Lipinski definition) is 1. The van der Waals surface area contributed by atoms with Crippen molar-refractivity contribution in [1.29, 1.82) is 0 Å². The molecule has 5 heteroatoms. The second-order valence-corrected chi connectivity index (χ2v) is 8.43. The normalized spacial score (nSPS) is 19.6. The van der Waals surface area contributed by atoms with Gasteiger partial charge in [-0.25, -0.2) is 8.42 Å². The van der Waals surface area contributed by atoms with Gasteiger partial charge >= 0.3 is 0 Å². The average molecular weight is 311 g/mol. The SMILES string of the molecule is CCc1ccc(CO)cc1S(=O)(=O)N1CCC(C)(C)CC1. The quantitative estimate of drug-likeness (QED) is 0.929. The summed E-state index contributed by atoms with van der Waals surface area (Å²) in [6.07, 6.45) is 2.43. The summed E-state index contributed by atoms with van der Waals surface area (Å²) in [6.45, 7) is 7.32. The van der Waals surface area contributed by atoms with Crippen LogP contribution < -0.4 is 0 Å². The maximum absolute atomic E-state index is 12.9. The molecule has 0 aromatic heterocycles. The molecule has 118 valence electrons. The van der Waals surface area contributed by atoms with Crippen molar-refractivity contribution in [3.8, 4) is 0 Å². The predicted molar refractivity (Wildman–Crippen MR) is 83.5 cm³/mol. The van der Waals surface area contributed by atoms with Gasteiger partial charge in [-0.15, -0.1) is 0 Å². The number of nitrogens with zero attached hydrogens (tertiary/aromatic N) is 1. The van der Waals surface area contributed by atoms with Gasteiger partial charge in [-0.2, -0.15) is 4.31 Å². The van der Waals surface area contributed by atoms with E-state index >= 15 is 0 Å². The molecular formula is C16H25NO3S. The number of sulfonamides is 1. The fraction of sp³-hybridized carbons (Fsp3) is 0.625. The van der Waals surface area contributed by atoms with E-state index in [0.717, 1.165) is 18.4 Å². The molecule has 1 saturated heterocycles. The van der Waals surface area contributed by atoms with Gasteiger partial charge in [-0.05, 0) is 41.9 Å². The van der Waals surface area contributed by atoms with Crippen LogP contribution in [0.1, 0.15) is 44.7 Å². The Balaban J connectivity index is 2.35. The Morgan fingerprint density at radius 3 is 2.38 bits per heavy atom. The molecule has 0 bridgehead atoms. The standard InChI is InChI=1S/C16H25NO3S/c1-4-14-6-5-13(12-18)11-15(14)21(19,20)17-9-7-16(2,3)8-10-17/h5-6,11,18H,4,7-10,12H2,1-3H3. The number of aliphatic hydroxyl groups excluding tert-OH is 1. The minimum absolute atomic E-state index is 0.139. The zero-order chi connectivity index (χ0) is 15.7. The first kappa shape index (κ1) is 16.5. The lowest BCUT2D eigenvalue weighted by molar-refractivity contribution is 0.195. The maximum atomic E-state index is 12.9. The Bertz CT molecular complexity index is 598. The highest BCUT2D eigenvalue weighted by Gasteiger charge is 2.33. The van der Waals surface area contributed by atoms with Crippen LogP contribution in [0.25, 0.3) is 0 Å². The monoisotopic (exact) mass is 311 g/mol. The van der Waals surface area contributed by atoms with Crippen molar-refractivity contribution in [3.05, 3.63) is 29.3 Å². The van der Waals surface area contributed by atoms with Crippen molar-refractivity contribution in [2.75, 3.05) is 13.1 Å². The van der Waals surface area contributed by atoms with Gasteiger partial charge in [0.25, 0.3) is 0 Å². The van der Waals surface area contributed by atoms with Crippen LogP contribution in [0, 0.1) is 5.41 Å². The predicted octanol–water partition coefficient (Wildman–Crippen LogP) is 2.55. The van der Waals surface area contributed by atoms with E-state index in [1.165, 1.54) is 0 Å². The first-order valence-electron chi connectivity index (χ1n) is 7.53. The lowest BCUT2D eigenvalue weighted by Crippen LogP contribution is -2.41. The third-order valence-electron chi connectivity index (χ3n) is 4.39. The molecule has 0 unspecified atom stereocenters. The minimum atomic E-state index is -3.47. The highest BCUT2D eigenvalue weighted by Crippen LogP contribution is 2.33. The molecule has 2 rings (SSSR count). The Labute approximate surface area is 127 Å². The van der Waals surface area contributed by atoms with E-state index in [0.29, 0.717) is 30.0 Å². The molecule has 1 aliphatic heterocycles. The van der Waals surface area contributed by atoms with Gasteiger partial charge in [0.15, 0.2) is 0 Å². The molecule has 0 atom stereocenters. The smallest absolute Gasteiger partial charge is 0.243 e. The Morgan fingerprint density at radius 2 is 1.86 bits per heavy atom. The molecule has 0 amide bonds. The topological polar surface area (TPSA) is 57.6 Å². The second kappa shape index (κ2) is 6.07. The van der Waals surface area contributed by atoms with Crippen LogP contribution in [0.5, 0.6) is 0 Å². The fourth-order valence-corrected chi connectivity index (χ4v) is 4.49. The first-order chi connectivity index (χ1) is 9.80.